The van der Waals surface area contributed by atoms with E-state index >= 15 is 0 Å². The van der Waals surface area contributed by atoms with Gasteiger partial charge in [-0.15, -0.1) is 0 Å². The molecule has 5 atom stereocenters. The number of hydrogen-bond acceptors (Lipinski definition) is 15. The molecule has 0 spiro atoms. The van der Waals surface area contributed by atoms with Gasteiger partial charge in [0.15, 0.2) is 12.2 Å². The molecule has 19 heteroatoms. The number of aliphatic hydroxyl groups excluding tert-OH is 1. The van der Waals surface area contributed by atoms with Crippen LogP contribution in [0.1, 0.15) is 434 Å². The molecule has 0 amide bonds. The summed E-state index contributed by atoms with van der Waals surface area (Å²) in [6, 6.07) is 0. The van der Waals surface area contributed by atoms with Crippen molar-refractivity contribution in [3.8, 4) is 0 Å². The fourth-order valence-electron chi connectivity index (χ4n) is 12.8. The number of rotatable bonds is 81. The zero-order chi connectivity index (χ0) is 75.1. The second-order valence-corrected chi connectivity index (χ2v) is 34.2. The number of hydrogen-bond donors (Lipinski definition) is 3. The Labute approximate surface area is 626 Å². The highest BCUT2D eigenvalue weighted by Crippen LogP contribution is 2.45. The molecule has 2 unspecified atom stereocenters. The van der Waals surface area contributed by atoms with Crippen LogP contribution >= 0.6 is 15.6 Å². The predicted molar refractivity (Wildman–Crippen MR) is 418 cm³/mol. The first-order valence-electron chi connectivity index (χ1n) is 42.8. The van der Waals surface area contributed by atoms with E-state index in [2.05, 4.69) is 48.5 Å². The summed E-state index contributed by atoms with van der Waals surface area (Å²) < 4.78 is 68.8. The summed E-state index contributed by atoms with van der Waals surface area (Å²) in [5.41, 5.74) is 0. The number of esters is 4. The highest BCUT2D eigenvalue weighted by molar-refractivity contribution is 7.47. The fraction of sp³-hybridized carbons (Fsp3) is 0.952. The fourth-order valence-corrected chi connectivity index (χ4v) is 14.4. The number of carbonyl (C=O) groups is 4. The summed E-state index contributed by atoms with van der Waals surface area (Å²) in [4.78, 5) is 73.2. The van der Waals surface area contributed by atoms with Crippen LogP contribution in [-0.4, -0.2) is 96.7 Å². The van der Waals surface area contributed by atoms with Crippen LogP contribution in [0, 0.1) is 17.8 Å². The molecule has 0 fully saturated rings. The second kappa shape index (κ2) is 73.2. The highest BCUT2D eigenvalue weighted by atomic mass is 31.2. The summed E-state index contributed by atoms with van der Waals surface area (Å²) in [6.07, 6.45) is 62.3. The molecular formula is C83H162O17P2. The maximum atomic E-state index is 13.1. The van der Waals surface area contributed by atoms with Gasteiger partial charge >= 0.3 is 39.5 Å². The Kier molecular flexibility index (Phi) is 71.8. The molecule has 0 bridgehead atoms. The molecule has 0 aromatic heterocycles. The predicted octanol–water partition coefficient (Wildman–Crippen LogP) is 24.9. The molecule has 0 aliphatic rings. The first kappa shape index (κ1) is 100. The van der Waals surface area contributed by atoms with E-state index < -0.39 is 97.5 Å². The van der Waals surface area contributed by atoms with Crippen molar-refractivity contribution in [1.29, 1.82) is 0 Å². The van der Waals surface area contributed by atoms with Crippen molar-refractivity contribution in [1.82, 2.24) is 0 Å². The lowest BCUT2D eigenvalue weighted by Crippen LogP contribution is -2.30. The summed E-state index contributed by atoms with van der Waals surface area (Å²) >= 11 is 0. The van der Waals surface area contributed by atoms with Gasteiger partial charge in [-0.05, 0) is 43.4 Å². The second-order valence-electron chi connectivity index (χ2n) is 31.3. The Morgan fingerprint density at radius 1 is 0.265 bits per heavy atom. The maximum absolute atomic E-state index is 13.1. The van der Waals surface area contributed by atoms with E-state index in [1.807, 2.05) is 0 Å². The van der Waals surface area contributed by atoms with E-state index in [4.69, 9.17) is 37.0 Å². The molecule has 0 radical (unpaired) electrons. The lowest BCUT2D eigenvalue weighted by Gasteiger charge is -2.21. The molecule has 606 valence electrons. The zero-order valence-electron chi connectivity index (χ0n) is 67.1. The Hall–Kier alpha value is -1.94. The summed E-state index contributed by atoms with van der Waals surface area (Å²) in [5, 5.41) is 10.7. The van der Waals surface area contributed by atoms with E-state index in [0.29, 0.717) is 25.7 Å². The Bertz CT molecular complexity index is 1970. The monoisotopic (exact) mass is 1490 g/mol. The van der Waals surface area contributed by atoms with Crippen molar-refractivity contribution in [2.45, 2.75) is 452 Å². The van der Waals surface area contributed by atoms with E-state index in [9.17, 15) is 43.2 Å². The number of unbranched alkanes of at least 4 members (excludes halogenated alkanes) is 49. The van der Waals surface area contributed by atoms with Crippen molar-refractivity contribution in [3.63, 3.8) is 0 Å². The molecule has 0 aliphatic carbocycles. The lowest BCUT2D eigenvalue weighted by molar-refractivity contribution is -0.161. The summed E-state index contributed by atoms with van der Waals surface area (Å²) in [5.74, 6) is 0.275. The minimum Gasteiger partial charge on any atom is -0.462 e. The smallest absolute Gasteiger partial charge is 0.462 e. The van der Waals surface area contributed by atoms with Gasteiger partial charge in [0.2, 0.25) is 0 Å². The van der Waals surface area contributed by atoms with Gasteiger partial charge in [0.1, 0.15) is 19.3 Å². The standard InChI is InChI=1S/C83H162O17P2/c1-8-9-10-11-12-13-14-29-36-43-50-57-64-80(85)93-70-78(100-83(88)67-60-53-46-39-32-25-19-22-28-35-42-49-56-63-76(6)7)72-97-101(89,90)95-68-77(84)69-96-102(91,92)98-73-79(99-82(87)66-59-52-45-38-31-24-18-16-21-27-34-41-48-55-62-75(4)5)71-94-81(86)65-58-51-44-37-30-23-17-15-20-26-33-40-47-54-61-74(2)3/h74-79,84H,8-73H2,1-7H3,(H,89,90)(H,91,92)/t77-,78+,79+/m0/s1. The highest BCUT2D eigenvalue weighted by Gasteiger charge is 2.30. The molecule has 102 heavy (non-hydrogen) atoms. The van der Waals surface area contributed by atoms with Crippen LogP contribution in [0.2, 0.25) is 0 Å². The largest absolute Gasteiger partial charge is 0.472 e. The third kappa shape index (κ3) is 76.3. The van der Waals surface area contributed by atoms with E-state index in [-0.39, 0.29) is 25.7 Å². The summed E-state index contributed by atoms with van der Waals surface area (Å²) in [6.45, 7) is 12.0. The average molecular weight is 1490 g/mol. The van der Waals surface area contributed by atoms with Gasteiger partial charge in [-0.25, -0.2) is 9.13 Å². The van der Waals surface area contributed by atoms with Gasteiger partial charge in [-0.2, -0.15) is 0 Å². The number of phosphoric acid groups is 2. The van der Waals surface area contributed by atoms with Gasteiger partial charge in [0.25, 0.3) is 0 Å². The molecular weight excluding hydrogens is 1330 g/mol. The van der Waals surface area contributed by atoms with E-state index in [0.717, 1.165) is 108 Å². The molecule has 0 heterocycles. The van der Waals surface area contributed by atoms with Gasteiger partial charge in [-0.1, -0.05) is 382 Å². The van der Waals surface area contributed by atoms with Crippen molar-refractivity contribution in [2.24, 2.45) is 17.8 Å². The average Bonchev–Trinajstić information content (AvgIpc) is 2.06. The van der Waals surface area contributed by atoms with Crippen LogP contribution in [0.15, 0.2) is 0 Å². The van der Waals surface area contributed by atoms with Crippen LogP contribution in [0.25, 0.3) is 0 Å². The van der Waals surface area contributed by atoms with E-state index in [1.54, 1.807) is 0 Å². The molecule has 0 saturated carbocycles. The number of ether oxygens (including phenoxy) is 4. The first-order chi connectivity index (χ1) is 49.2. The van der Waals surface area contributed by atoms with Crippen LogP contribution in [0.3, 0.4) is 0 Å². The lowest BCUT2D eigenvalue weighted by atomic mass is 10.0. The molecule has 0 aromatic rings. The quantitative estimate of drug-likeness (QED) is 0.0222. The van der Waals surface area contributed by atoms with Crippen molar-refractivity contribution >= 4 is 39.5 Å². The van der Waals surface area contributed by atoms with Crippen LogP contribution in [0.4, 0.5) is 0 Å². The number of aliphatic hydroxyl groups is 1. The topological polar surface area (TPSA) is 237 Å². The molecule has 0 saturated heterocycles. The van der Waals surface area contributed by atoms with Crippen LogP contribution in [-0.2, 0) is 65.4 Å². The molecule has 17 nitrogen and oxygen atoms in total. The first-order valence-corrected chi connectivity index (χ1v) is 45.8. The summed E-state index contributed by atoms with van der Waals surface area (Å²) in [7, 11) is -9.93. The number of carbonyl (C=O) groups excluding carboxylic acids is 4. The van der Waals surface area contributed by atoms with Gasteiger partial charge in [0, 0.05) is 25.7 Å². The van der Waals surface area contributed by atoms with E-state index in [1.165, 1.54) is 244 Å². The molecule has 0 aliphatic heterocycles. The van der Waals surface area contributed by atoms with Gasteiger partial charge in [0.05, 0.1) is 26.4 Å². The SMILES string of the molecule is CCCCCCCCCCCCCCC(=O)OC[C@H](COP(=O)(O)OC[C@H](O)COP(=O)(O)OC[C@@H](COC(=O)CCCCCCCCCCCCCCCCC(C)C)OC(=O)CCCCCCCCCCCCCCCCC(C)C)OC(=O)CCCCCCCCCCCCCCCC(C)C. The Morgan fingerprint density at radius 3 is 0.667 bits per heavy atom. The minimum absolute atomic E-state index is 0.108. The zero-order valence-corrected chi connectivity index (χ0v) is 68.9. The van der Waals surface area contributed by atoms with Crippen molar-refractivity contribution < 1.29 is 80.2 Å². The molecule has 3 N–H and O–H groups in total. The minimum atomic E-state index is -4.96. The number of phosphoric ester groups is 2. The Morgan fingerprint density at radius 2 is 0.451 bits per heavy atom. The van der Waals surface area contributed by atoms with Gasteiger partial charge < -0.3 is 33.8 Å². The van der Waals surface area contributed by atoms with Crippen LogP contribution in [0.5, 0.6) is 0 Å². The third-order valence-corrected chi connectivity index (χ3v) is 21.3. The third-order valence-electron chi connectivity index (χ3n) is 19.4. The normalized spacial score (nSPS) is 13.9. The molecule has 0 rings (SSSR count). The Balaban J connectivity index is 5.27. The molecule has 0 aromatic carbocycles. The maximum Gasteiger partial charge on any atom is 0.472 e. The van der Waals surface area contributed by atoms with Crippen molar-refractivity contribution in [3.05, 3.63) is 0 Å². The van der Waals surface area contributed by atoms with Gasteiger partial charge in [-0.3, -0.25) is 37.3 Å². The van der Waals surface area contributed by atoms with Crippen molar-refractivity contribution in [2.75, 3.05) is 39.6 Å². The van der Waals surface area contributed by atoms with Crippen LogP contribution < -0.4 is 0 Å².